The van der Waals surface area contributed by atoms with E-state index in [1.165, 1.54) is 11.7 Å². The monoisotopic (exact) mass is 249 g/mol. The zero-order valence-electron chi connectivity index (χ0n) is 9.58. The van der Waals surface area contributed by atoms with Gasteiger partial charge in [-0.2, -0.15) is 5.10 Å². The van der Waals surface area contributed by atoms with Gasteiger partial charge in [-0.15, -0.1) is 0 Å². The number of hydrogen-bond donors (Lipinski definition) is 2. The lowest BCUT2D eigenvalue weighted by Crippen LogP contribution is -2.18. The molecule has 0 radical (unpaired) electrons. The van der Waals surface area contributed by atoms with Crippen LogP contribution in [0.1, 0.15) is 5.82 Å². The summed E-state index contributed by atoms with van der Waals surface area (Å²) in [6.45, 7) is 0. The number of rotatable bonds is 4. The Hall–Kier alpha value is -2.57. The summed E-state index contributed by atoms with van der Waals surface area (Å²) in [5.41, 5.74) is 0.0175. The molecular weight excluding hydrogens is 238 g/mol. The summed E-state index contributed by atoms with van der Waals surface area (Å²) in [6.07, 6.45) is -0.337. The number of aromatic amines is 1. The van der Waals surface area contributed by atoms with Gasteiger partial charge < -0.3 is 9.84 Å². The van der Waals surface area contributed by atoms with Crippen LogP contribution in [0, 0.1) is 0 Å². The summed E-state index contributed by atoms with van der Waals surface area (Å²) in [7, 11) is 1.51. The number of carboxylic acid groups (broad SMARTS) is 1. The number of carboxylic acids is 1. The fourth-order valence-electron chi connectivity index (χ4n) is 1.60. The summed E-state index contributed by atoms with van der Waals surface area (Å²) >= 11 is 0. The third-order valence-electron chi connectivity index (χ3n) is 2.36. The number of ether oxygens (including phenoxy) is 1. The normalized spacial score (nSPS) is 10.3. The molecule has 0 saturated carbocycles. The minimum absolute atomic E-state index is 0.140. The van der Waals surface area contributed by atoms with E-state index < -0.39 is 11.7 Å². The van der Waals surface area contributed by atoms with Crippen LogP contribution < -0.4 is 10.4 Å². The molecule has 18 heavy (non-hydrogen) atoms. The second kappa shape index (κ2) is 4.74. The standard InChI is InChI=1S/C11H11N3O4/c1-18-8-4-2-3-7(5-8)14-9(6-10(15)16)12-13-11(14)17/h2-5H,6H2,1H3,(H,13,17)(H,15,16). The van der Waals surface area contributed by atoms with E-state index in [0.29, 0.717) is 11.4 Å². The second-order valence-electron chi connectivity index (χ2n) is 3.55. The van der Waals surface area contributed by atoms with E-state index in [0.717, 1.165) is 0 Å². The van der Waals surface area contributed by atoms with Gasteiger partial charge in [-0.25, -0.2) is 14.5 Å². The van der Waals surface area contributed by atoms with Crippen LogP contribution in [-0.4, -0.2) is 33.0 Å². The molecule has 1 aromatic carbocycles. The third-order valence-corrected chi connectivity index (χ3v) is 2.36. The summed E-state index contributed by atoms with van der Waals surface area (Å²) in [5.74, 6) is -0.347. The number of methoxy groups -OCH3 is 1. The summed E-state index contributed by atoms with van der Waals surface area (Å²) in [5, 5.41) is 14.7. The molecule has 0 aliphatic rings. The predicted molar refractivity (Wildman–Crippen MR) is 62.1 cm³/mol. The maximum Gasteiger partial charge on any atom is 0.347 e. The van der Waals surface area contributed by atoms with Gasteiger partial charge in [0.1, 0.15) is 18.0 Å². The van der Waals surface area contributed by atoms with Crippen molar-refractivity contribution in [1.82, 2.24) is 14.8 Å². The first-order chi connectivity index (χ1) is 8.61. The molecule has 1 heterocycles. The first kappa shape index (κ1) is 11.9. The Morgan fingerprint density at radius 3 is 3.00 bits per heavy atom. The highest BCUT2D eigenvalue weighted by molar-refractivity contribution is 5.69. The van der Waals surface area contributed by atoms with Gasteiger partial charge in [0.15, 0.2) is 0 Å². The van der Waals surface area contributed by atoms with Gasteiger partial charge in [-0.3, -0.25) is 4.79 Å². The second-order valence-corrected chi connectivity index (χ2v) is 3.55. The highest BCUT2D eigenvalue weighted by Gasteiger charge is 2.13. The molecule has 0 aliphatic carbocycles. The Balaban J connectivity index is 2.52. The fourth-order valence-corrected chi connectivity index (χ4v) is 1.60. The summed E-state index contributed by atoms with van der Waals surface area (Å²) in [4.78, 5) is 22.3. The Kier molecular flexibility index (Phi) is 3.13. The fraction of sp³-hybridized carbons (Fsp3) is 0.182. The van der Waals surface area contributed by atoms with Gasteiger partial charge in [0.2, 0.25) is 0 Å². The molecule has 7 heteroatoms. The minimum Gasteiger partial charge on any atom is -0.497 e. The van der Waals surface area contributed by atoms with Crippen LogP contribution in [0.2, 0.25) is 0 Å². The van der Waals surface area contributed by atoms with Crippen LogP contribution in [0.25, 0.3) is 5.69 Å². The Morgan fingerprint density at radius 2 is 2.33 bits per heavy atom. The molecule has 7 nitrogen and oxygen atoms in total. The average Bonchev–Trinajstić information content (AvgIpc) is 2.70. The van der Waals surface area contributed by atoms with E-state index >= 15 is 0 Å². The highest BCUT2D eigenvalue weighted by Crippen LogP contribution is 2.16. The molecule has 2 aromatic rings. The van der Waals surface area contributed by atoms with Crippen molar-refractivity contribution in [2.75, 3.05) is 7.11 Å². The molecule has 0 fully saturated rings. The minimum atomic E-state index is -1.06. The first-order valence-corrected chi connectivity index (χ1v) is 5.14. The number of nitrogens with one attached hydrogen (secondary N) is 1. The molecule has 0 spiro atoms. The zero-order valence-corrected chi connectivity index (χ0v) is 9.58. The van der Waals surface area contributed by atoms with Crippen molar-refractivity contribution in [3.8, 4) is 11.4 Å². The summed E-state index contributed by atoms with van der Waals surface area (Å²) < 4.78 is 6.26. The van der Waals surface area contributed by atoms with E-state index in [1.807, 2.05) is 0 Å². The van der Waals surface area contributed by atoms with Crippen molar-refractivity contribution in [3.63, 3.8) is 0 Å². The van der Waals surface area contributed by atoms with E-state index in [4.69, 9.17) is 9.84 Å². The van der Waals surface area contributed by atoms with Crippen molar-refractivity contribution in [1.29, 1.82) is 0 Å². The van der Waals surface area contributed by atoms with Gasteiger partial charge in [-0.1, -0.05) is 6.07 Å². The van der Waals surface area contributed by atoms with Crippen molar-refractivity contribution in [2.24, 2.45) is 0 Å². The Labute approximate surface area is 102 Å². The van der Waals surface area contributed by atoms with Crippen LogP contribution in [0.4, 0.5) is 0 Å². The largest absolute Gasteiger partial charge is 0.497 e. The molecule has 1 aromatic heterocycles. The molecule has 2 rings (SSSR count). The SMILES string of the molecule is COc1cccc(-n2c(CC(=O)O)n[nH]c2=O)c1. The predicted octanol–water partition coefficient (Wildman–Crippen LogP) is 0.196. The van der Waals surface area contributed by atoms with E-state index in [1.54, 1.807) is 24.3 Å². The lowest BCUT2D eigenvalue weighted by atomic mass is 10.3. The van der Waals surface area contributed by atoms with Gasteiger partial charge >= 0.3 is 11.7 Å². The average molecular weight is 249 g/mol. The molecule has 0 atom stereocenters. The molecule has 94 valence electrons. The van der Waals surface area contributed by atoms with Crippen molar-refractivity contribution < 1.29 is 14.6 Å². The molecule has 0 saturated heterocycles. The summed E-state index contributed by atoms with van der Waals surface area (Å²) in [6, 6.07) is 6.73. The maximum absolute atomic E-state index is 11.6. The van der Waals surface area contributed by atoms with Gasteiger partial charge in [-0.05, 0) is 12.1 Å². The van der Waals surface area contributed by atoms with Crippen molar-refractivity contribution in [2.45, 2.75) is 6.42 Å². The molecule has 0 unspecified atom stereocenters. The molecule has 0 amide bonds. The lowest BCUT2D eigenvalue weighted by molar-refractivity contribution is -0.136. The van der Waals surface area contributed by atoms with Crippen LogP contribution in [0.5, 0.6) is 5.75 Å². The lowest BCUT2D eigenvalue weighted by Gasteiger charge is -2.06. The smallest absolute Gasteiger partial charge is 0.347 e. The quantitative estimate of drug-likeness (QED) is 0.806. The molecule has 2 N–H and O–H groups in total. The maximum atomic E-state index is 11.6. The van der Waals surface area contributed by atoms with Crippen LogP contribution in [0.15, 0.2) is 29.1 Å². The molecule has 0 aliphatic heterocycles. The van der Waals surface area contributed by atoms with Crippen molar-refractivity contribution in [3.05, 3.63) is 40.6 Å². The van der Waals surface area contributed by atoms with Gasteiger partial charge in [0.05, 0.1) is 12.8 Å². The first-order valence-electron chi connectivity index (χ1n) is 5.14. The van der Waals surface area contributed by atoms with Gasteiger partial charge in [0.25, 0.3) is 0 Å². The van der Waals surface area contributed by atoms with Gasteiger partial charge in [0, 0.05) is 6.07 Å². The Bertz CT molecular complexity index is 629. The topological polar surface area (TPSA) is 97.2 Å². The number of carbonyl (C=O) groups is 1. The number of H-pyrrole nitrogens is 1. The van der Waals surface area contributed by atoms with E-state index in [9.17, 15) is 9.59 Å². The van der Waals surface area contributed by atoms with E-state index in [2.05, 4.69) is 10.2 Å². The van der Waals surface area contributed by atoms with Crippen LogP contribution >= 0.6 is 0 Å². The number of aromatic nitrogens is 3. The van der Waals surface area contributed by atoms with E-state index in [-0.39, 0.29) is 12.2 Å². The molecule has 0 bridgehead atoms. The highest BCUT2D eigenvalue weighted by atomic mass is 16.5. The van der Waals surface area contributed by atoms with Crippen molar-refractivity contribution >= 4 is 5.97 Å². The van der Waals surface area contributed by atoms with Crippen LogP contribution in [0.3, 0.4) is 0 Å². The van der Waals surface area contributed by atoms with Crippen LogP contribution in [-0.2, 0) is 11.2 Å². The number of nitrogens with zero attached hydrogens (tertiary/aromatic N) is 2. The number of benzene rings is 1. The third kappa shape index (κ3) is 2.24. The number of hydrogen-bond acceptors (Lipinski definition) is 4. The number of aliphatic carboxylic acids is 1. The molecular formula is C11H11N3O4. The zero-order chi connectivity index (χ0) is 13.1. The Morgan fingerprint density at radius 1 is 1.56 bits per heavy atom.